The Morgan fingerprint density at radius 3 is 2.12 bits per heavy atom. The Morgan fingerprint density at radius 1 is 0.938 bits per heavy atom. The van der Waals surface area contributed by atoms with Gasteiger partial charge in [-0.3, -0.25) is 0 Å². The maximum absolute atomic E-state index is 8.87. The van der Waals surface area contributed by atoms with Crippen molar-refractivity contribution in [2.45, 2.75) is 64.7 Å². The highest BCUT2D eigenvalue weighted by molar-refractivity contribution is 4.85. The Balaban J connectivity index is 1.72. The Bertz CT molecular complexity index is 202. The van der Waals surface area contributed by atoms with E-state index in [1.807, 2.05) is 0 Å². The molecule has 2 rings (SSSR count). The maximum atomic E-state index is 8.87. The van der Waals surface area contributed by atoms with Crippen LogP contribution in [0.25, 0.3) is 0 Å². The fourth-order valence-electron chi connectivity index (χ4n) is 4.10. The predicted octanol–water partition coefficient (Wildman–Crippen LogP) is 4.00. The van der Waals surface area contributed by atoms with Gasteiger partial charge < -0.3 is 5.11 Å². The molecule has 2 saturated carbocycles. The molecule has 0 aliphatic heterocycles. The first-order valence-corrected chi connectivity index (χ1v) is 7.44. The second-order valence-corrected chi connectivity index (χ2v) is 6.15. The van der Waals surface area contributed by atoms with Gasteiger partial charge in [-0.25, -0.2) is 0 Å². The predicted molar refractivity (Wildman–Crippen MR) is 68.3 cm³/mol. The van der Waals surface area contributed by atoms with E-state index < -0.39 is 0 Å². The third kappa shape index (κ3) is 3.00. The van der Waals surface area contributed by atoms with Gasteiger partial charge in [-0.2, -0.15) is 0 Å². The van der Waals surface area contributed by atoms with E-state index in [0.717, 1.165) is 30.1 Å². The van der Waals surface area contributed by atoms with Crippen molar-refractivity contribution >= 4 is 0 Å². The molecule has 4 unspecified atom stereocenters. The highest BCUT2D eigenvalue weighted by atomic mass is 16.2. The van der Waals surface area contributed by atoms with Crippen LogP contribution in [0.5, 0.6) is 0 Å². The van der Waals surface area contributed by atoms with Crippen LogP contribution in [0.15, 0.2) is 0 Å². The maximum Gasteiger partial charge on any atom is 0.0431 e. The number of aliphatic hydroxyl groups excluding tert-OH is 1. The summed E-state index contributed by atoms with van der Waals surface area (Å²) >= 11 is 0. The quantitative estimate of drug-likeness (QED) is 0.748. The van der Waals surface area contributed by atoms with Gasteiger partial charge in [0.05, 0.1) is 0 Å². The summed E-state index contributed by atoms with van der Waals surface area (Å²) in [6, 6.07) is 0. The lowest BCUT2D eigenvalue weighted by molar-refractivity contribution is 0.266. The second-order valence-electron chi connectivity index (χ2n) is 6.15. The molecule has 0 aromatic heterocycles. The van der Waals surface area contributed by atoms with Crippen molar-refractivity contribution in [2.24, 2.45) is 23.7 Å². The van der Waals surface area contributed by atoms with E-state index in [4.69, 9.17) is 5.11 Å². The van der Waals surface area contributed by atoms with Crippen LogP contribution in [0.2, 0.25) is 0 Å². The van der Waals surface area contributed by atoms with Crippen molar-refractivity contribution in [1.82, 2.24) is 0 Å². The summed E-state index contributed by atoms with van der Waals surface area (Å²) < 4.78 is 0. The fourth-order valence-corrected chi connectivity index (χ4v) is 4.10. The standard InChI is InChI=1S/C15H28O/c1-2-12-5-7-14(10-12)15-8-6-13(11-15)4-3-9-16/h12-16H,2-11H2,1H3. The van der Waals surface area contributed by atoms with Crippen LogP contribution in [0.3, 0.4) is 0 Å². The van der Waals surface area contributed by atoms with Crippen molar-refractivity contribution in [3.63, 3.8) is 0 Å². The molecule has 0 heterocycles. The van der Waals surface area contributed by atoms with Gasteiger partial charge in [0.25, 0.3) is 0 Å². The Kier molecular flexibility index (Phi) is 4.69. The van der Waals surface area contributed by atoms with Crippen molar-refractivity contribution in [3.05, 3.63) is 0 Å². The van der Waals surface area contributed by atoms with Crippen molar-refractivity contribution in [1.29, 1.82) is 0 Å². The summed E-state index contributed by atoms with van der Waals surface area (Å²) in [5.74, 6) is 4.09. The minimum absolute atomic E-state index is 0.391. The number of aliphatic hydroxyl groups is 1. The zero-order chi connectivity index (χ0) is 11.4. The molecule has 2 aliphatic rings. The first-order chi connectivity index (χ1) is 7.83. The fraction of sp³-hybridized carbons (Fsp3) is 1.00. The van der Waals surface area contributed by atoms with Crippen LogP contribution in [-0.2, 0) is 0 Å². The van der Waals surface area contributed by atoms with E-state index in [1.165, 1.54) is 51.4 Å². The van der Waals surface area contributed by atoms with Crippen LogP contribution < -0.4 is 0 Å². The highest BCUT2D eigenvalue weighted by Gasteiger charge is 2.34. The molecule has 1 nitrogen and oxygen atoms in total. The summed E-state index contributed by atoms with van der Waals surface area (Å²) in [4.78, 5) is 0. The van der Waals surface area contributed by atoms with Gasteiger partial charge >= 0.3 is 0 Å². The van der Waals surface area contributed by atoms with Gasteiger partial charge in [-0.1, -0.05) is 26.2 Å². The highest BCUT2D eigenvalue weighted by Crippen LogP contribution is 2.46. The monoisotopic (exact) mass is 224 g/mol. The van der Waals surface area contributed by atoms with Crippen LogP contribution in [0.4, 0.5) is 0 Å². The molecule has 0 bridgehead atoms. The Morgan fingerprint density at radius 2 is 1.56 bits per heavy atom. The lowest BCUT2D eigenvalue weighted by atomic mass is 9.87. The topological polar surface area (TPSA) is 20.2 Å². The van der Waals surface area contributed by atoms with E-state index in [2.05, 4.69) is 6.92 Å². The van der Waals surface area contributed by atoms with E-state index in [-0.39, 0.29) is 0 Å². The molecule has 4 atom stereocenters. The first kappa shape index (κ1) is 12.4. The number of hydrogen-bond donors (Lipinski definition) is 1. The van der Waals surface area contributed by atoms with Crippen LogP contribution in [0.1, 0.15) is 64.7 Å². The number of hydrogen-bond acceptors (Lipinski definition) is 1. The first-order valence-electron chi connectivity index (χ1n) is 7.44. The van der Waals surface area contributed by atoms with Crippen molar-refractivity contribution < 1.29 is 5.11 Å². The zero-order valence-electron chi connectivity index (χ0n) is 10.8. The van der Waals surface area contributed by atoms with Gasteiger partial charge in [0, 0.05) is 6.61 Å². The third-order valence-electron chi connectivity index (χ3n) is 5.18. The van der Waals surface area contributed by atoms with Gasteiger partial charge in [0.15, 0.2) is 0 Å². The lowest BCUT2D eigenvalue weighted by Gasteiger charge is -2.18. The van der Waals surface area contributed by atoms with Crippen LogP contribution in [0, 0.1) is 23.7 Å². The van der Waals surface area contributed by atoms with E-state index in [0.29, 0.717) is 6.61 Å². The molecule has 0 aromatic carbocycles. The largest absolute Gasteiger partial charge is 0.396 e. The normalized spacial score (nSPS) is 39.4. The summed E-state index contributed by atoms with van der Waals surface area (Å²) in [7, 11) is 0. The molecule has 94 valence electrons. The summed E-state index contributed by atoms with van der Waals surface area (Å²) in [6.45, 7) is 2.74. The molecule has 2 aliphatic carbocycles. The Hall–Kier alpha value is -0.0400. The average molecular weight is 224 g/mol. The summed E-state index contributed by atoms with van der Waals surface area (Å²) in [5, 5.41) is 8.87. The van der Waals surface area contributed by atoms with E-state index in [9.17, 15) is 0 Å². The van der Waals surface area contributed by atoms with Gasteiger partial charge in [-0.05, 0) is 62.2 Å². The third-order valence-corrected chi connectivity index (χ3v) is 5.18. The minimum Gasteiger partial charge on any atom is -0.396 e. The molecular weight excluding hydrogens is 196 g/mol. The molecule has 1 N–H and O–H groups in total. The SMILES string of the molecule is CCC1CCC(C2CCC(CCCO)C2)C1. The van der Waals surface area contributed by atoms with Crippen molar-refractivity contribution in [2.75, 3.05) is 6.61 Å². The molecule has 0 radical (unpaired) electrons. The molecule has 0 spiro atoms. The van der Waals surface area contributed by atoms with Crippen LogP contribution in [-0.4, -0.2) is 11.7 Å². The summed E-state index contributed by atoms with van der Waals surface area (Å²) in [6.07, 6.45) is 12.6. The average Bonchev–Trinajstić information content (AvgIpc) is 2.94. The smallest absolute Gasteiger partial charge is 0.0431 e. The van der Waals surface area contributed by atoms with Gasteiger partial charge in [0.2, 0.25) is 0 Å². The van der Waals surface area contributed by atoms with Crippen LogP contribution >= 0.6 is 0 Å². The molecular formula is C15H28O. The molecule has 0 saturated heterocycles. The lowest BCUT2D eigenvalue weighted by Crippen LogP contribution is -2.09. The van der Waals surface area contributed by atoms with E-state index in [1.54, 1.807) is 0 Å². The van der Waals surface area contributed by atoms with Crippen molar-refractivity contribution in [3.8, 4) is 0 Å². The molecule has 0 amide bonds. The molecule has 0 aromatic rings. The number of rotatable bonds is 5. The summed E-state index contributed by atoms with van der Waals surface area (Å²) in [5.41, 5.74) is 0. The molecule has 1 heteroatoms. The molecule has 2 fully saturated rings. The van der Waals surface area contributed by atoms with E-state index >= 15 is 0 Å². The van der Waals surface area contributed by atoms with Gasteiger partial charge in [-0.15, -0.1) is 0 Å². The molecule has 16 heavy (non-hydrogen) atoms. The minimum atomic E-state index is 0.391. The zero-order valence-corrected chi connectivity index (χ0v) is 10.8. The van der Waals surface area contributed by atoms with Gasteiger partial charge in [0.1, 0.15) is 0 Å². The Labute approximate surface area is 101 Å². The second kappa shape index (κ2) is 6.05.